The number of hydrogen-bond donors (Lipinski definition) is 1. The molecule has 0 aromatic carbocycles. The van der Waals surface area contributed by atoms with Crippen molar-refractivity contribution >= 4 is 0 Å². The minimum absolute atomic E-state index is 0.321. The summed E-state index contributed by atoms with van der Waals surface area (Å²) in [7, 11) is 1.82. The molecule has 0 saturated heterocycles. The van der Waals surface area contributed by atoms with Gasteiger partial charge in [0.05, 0.1) is 6.20 Å². The molecule has 0 fully saturated rings. The zero-order valence-corrected chi connectivity index (χ0v) is 10.1. The van der Waals surface area contributed by atoms with Crippen molar-refractivity contribution < 1.29 is 4.52 Å². The van der Waals surface area contributed by atoms with Crippen LogP contribution >= 0.6 is 0 Å². The van der Waals surface area contributed by atoms with Crippen molar-refractivity contribution in [3.63, 3.8) is 0 Å². The standard InChI is InChI=1S/C11H11N7O/c1-18-5-7(4-15-18)9(12)11-16-10(17-19-11)8-2-3-13-6-14-8/h2-6,9H,12H2,1H3. The van der Waals surface area contributed by atoms with Crippen LogP contribution in [-0.2, 0) is 7.05 Å². The van der Waals surface area contributed by atoms with Crippen LogP contribution in [0.1, 0.15) is 17.5 Å². The van der Waals surface area contributed by atoms with Gasteiger partial charge in [0.2, 0.25) is 11.7 Å². The van der Waals surface area contributed by atoms with E-state index in [2.05, 4.69) is 25.2 Å². The van der Waals surface area contributed by atoms with Crippen molar-refractivity contribution in [2.45, 2.75) is 6.04 Å². The van der Waals surface area contributed by atoms with Gasteiger partial charge in [-0.2, -0.15) is 10.1 Å². The molecule has 3 rings (SSSR count). The van der Waals surface area contributed by atoms with Crippen LogP contribution < -0.4 is 5.73 Å². The summed E-state index contributed by atoms with van der Waals surface area (Å²) in [6, 6.07) is 1.20. The largest absolute Gasteiger partial charge is 0.337 e. The van der Waals surface area contributed by atoms with E-state index in [0.717, 1.165) is 5.56 Å². The molecular weight excluding hydrogens is 246 g/mol. The third-order valence-electron chi connectivity index (χ3n) is 2.60. The highest BCUT2D eigenvalue weighted by Crippen LogP contribution is 2.19. The van der Waals surface area contributed by atoms with Crippen LogP contribution in [0.5, 0.6) is 0 Å². The molecule has 19 heavy (non-hydrogen) atoms. The summed E-state index contributed by atoms with van der Waals surface area (Å²) in [4.78, 5) is 12.1. The molecule has 8 heteroatoms. The average Bonchev–Trinajstić information content (AvgIpc) is 3.08. The Balaban J connectivity index is 1.89. The van der Waals surface area contributed by atoms with Crippen LogP contribution in [0.4, 0.5) is 0 Å². The predicted octanol–water partition coefficient (Wildman–Crippen LogP) is 0.308. The monoisotopic (exact) mass is 257 g/mol. The molecule has 96 valence electrons. The predicted molar refractivity (Wildman–Crippen MR) is 64.6 cm³/mol. The first kappa shape index (κ1) is 11.5. The first-order chi connectivity index (χ1) is 9.24. The van der Waals surface area contributed by atoms with E-state index in [4.69, 9.17) is 10.3 Å². The molecule has 0 aliphatic carbocycles. The Morgan fingerprint density at radius 3 is 3.00 bits per heavy atom. The Hall–Kier alpha value is -2.61. The lowest BCUT2D eigenvalue weighted by atomic mass is 10.2. The molecule has 0 radical (unpaired) electrons. The second kappa shape index (κ2) is 4.58. The van der Waals surface area contributed by atoms with Gasteiger partial charge in [0.1, 0.15) is 18.1 Å². The Bertz CT molecular complexity index is 675. The first-order valence-electron chi connectivity index (χ1n) is 5.58. The lowest BCUT2D eigenvalue weighted by Crippen LogP contribution is -2.11. The van der Waals surface area contributed by atoms with Crippen molar-refractivity contribution in [1.29, 1.82) is 0 Å². The molecule has 0 aliphatic heterocycles. The van der Waals surface area contributed by atoms with Gasteiger partial charge in [-0.05, 0) is 6.07 Å². The van der Waals surface area contributed by atoms with E-state index in [1.165, 1.54) is 6.33 Å². The zero-order valence-electron chi connectivity index (χ0n) is 10.1. The third-order valence-corrected chi connectivity index (χ3v) is 2.60. The second-order valence-electron chi connectivity index (χ2n) is 3.98. The summed E-state index contributed by atoms with van der Waals surface area (Å²) in [6.07, 6.45) is 6.50. The van der Waals surface area contributed by atoms with Gasteiger partial charge in [0.15, 0.2) is 0 Å². The fraction of sp³-hybridized carbons (Fsp3) is 0.182. The highest BCUT2D eigenvalue weighted by Gasteiger charge is 2.19. The molecule has 0 spiro atoms. The Morgan fingerprint density at radius 2 is 2.32 bits per heavy atom. The summed E-state index contributed by atoms with van der Waals surface area (Å²) in [6.45, 7) is 0. The average molecular weight is 257 g/mol. The SMILES string of the molecule is Cn1cc(C(N)c2nc(-c3ccncn3)no2)cn1. The first-order valence-corrected chi connectivity index (χ1v) is 5.58. The Kier molecular flexibility index (Phi) is 2.76. The van der Waals surface area contributed by atoms with Crippen molar-refractivity contribution in [3.8, 4) is 11.5 Å². The van der Waals surface area contributed by atoms with Gasteiger partial charge in [-0.1, -0.05) is 5.16 Å². The van der Waals surface area contributed by atoms with E-state index in [1.807, 2.05) is 7.05 Å². The normalized spacial score (nSPS) is 12.5. The third kappa shape index (κ3) is 2.20. The lowest BCUT2D eigenvalue weighted by molar-refractivity contribution is 0.367. The zero-order chi connectivity index (χ0) is 13.2. The van der Waals surface area contributed by atoms with E-state index < -0.39 is 6.04 Å². The van der Waals surface area contributed by atoms with Gasteiger partial charge in [-0.25, -0.2) is 9.97 Å². The highest BCUT2D eigenvalue weighted by atomic mass is 16.5. The van der Waals surface area contributed by atoms with Gasteiger partial charge in [0.25, 0.3) is 0 Å². The molecule has 2 N–H and O–H groups in total. The quantitative estimate of drug-likeness (QED) is 0.719. The second-order valence-corrected chi connectivity index (χ2v) is 3.98. The number of aromatic nitrogens is 6. The minimum Gasteiger partial charge on any atom is -0.337 e. The Morgan fingerprint density at radius 1 is 1.42 bits per heavy atom. The van der Waals surface area contributed by atoms with Crippen molar-refractivity contribution in [3.05, 3.63) is 42.4 Å². The van der Waals surface area contributed by atoms with E-state index in [-0.39, 0.29) is 0 Å². The highest BCUT2D eigenvalue weighted by molar-refractivity contribution is 5.46. The molecule has 0 bridgehead atoms. The number of nitrogens with two attached hydrogens (primary N) is 1. The molecule has 1 unspecified atom stereocenters. The van der Waals surface area contributed by atoms with Crippen LogP contribution in [0.15, 0.2) is 35.5 Å². The number of hydrogen-bond acceptors (Lipinski definition) is 7. The molecule has 1 atom stereocenters. The molecule has 3 aromatic heterocycles. The number of rotatable bonds is 3. The van der Waals surface area contributed by atoms with Crippen molar-refractivity contribution in [2.75, 3.05) is 0 Å². The molecular formula is C11H11N7O. The summed E-state index contributed by atoms with van der Waals surface area (Å²) < 4.78 is 6.82. The number of aryl methyl sites for hydroxylation is 1. The fourth-order valence-electron chi connectivity index (χ4n) is 1.63. The lowest BCUT2D eigenvalue weighted by Gasteiger charge is -2.01. The van der Waals surface area contributed by atoms with Gasteiger partial charge < -0.3 is 10.3 Å². The van der Waals surface area contributed by atoms with E-state index in [0.29, 0.717) is 17.4 Å². The van der Waals surface area contributed by atoms with Crippen LogP contribution in [0.3, 0.4) is 0 Å². The van der Waals surface area contributed by atoms with Crippen LogP contribution in [-0.4, -0.2) is 29.9 Å². The maximum absolute atomic E-state index is 6.04. The van der Waals surface area contributed by atoms with Crippen LogP contribution in [0, 0.1) is 0 Å². The van der Waals surface area contributed by atoms with Gasteiger partial charge in [0, 0.05) is 25.0 Å². The summed E-state index contributed by atoms with van der Waals surface area (Å²) in [5.41, 5.74) is 7.43. The topological polar surface area (TPSA) is 109 Å². The van der Waals surface area contributed by atoms with E-state index in [9.17, 15) is 0 Å². The smallest absolute Gasteiger partial charge is 0.248 e. The van der Waals surface area contributed by atoms with Gasteiger partial charge in [-0.3, -0.25) is 4.68 Å². The van der Waals surface area contributed by atoms with E-state index in [1.54, 1.807) is 29.3 Å². The van der Waals surface area contributed by atoms with Crippen LogP contribution in [0.25, 0.3) is 11.5 Å². The molecule has 0 amide bonds. The Labute approximate surface area is 108 Å². The van der Waals surface area contributed by atoms with Gasteiger partial charge >= 0.3 is 0 Å². The van der Waals surface area contributed by atoms with Crippen LogP contribution in [0.2, 0.25) is 0 Å². The maximum Gasteiger partial charge on any atom is 0.248 e. The summed E-state index contributed by atoms with van der Waals surface area (Å²) in [5.74, 6) is 0.707. The molecule has 0 aliphatic rings. The van der Waals surface area contributed by atoms with Crippen molar-refractivity contribution in [2.24, 2.45) is 12.8 Å². The minimum atomic E-state index is -0.503. The summed E-state index contributed by atoms with van der Waals surface area (Å²) in [5, 5.41) is 7.91. The number of nitrogens with zero attached hydrogens (tertiary/aromatic N) is 6. The molecule has 3 aromatic rings. The fourth-order valence-corrected chi connectivity index (χ4v) is 1.63. The molecule has 3 heterocycles. The van der Waals surface area contributed by atoms with Gasteiger partial charge in [-0.15, -0.1) is 0 Å². The maximum atomic E-state index is 6.04. The van der Waals surface area contributed by atoms with E-state index >= 15 is 0 Å². The summed E-state index contributed by atoms with van der Waals surface area (Å²) >= 11 is 0. The molecule has 8 nitrogen and oxygen atoms in total. The van der Waals surface area contributed by atoms with Crippen molar-refractivity contribution in [1.82, 2.24) is 29.9 Å². The molecule has 0 saturated carbocycles.